The van der Waals surface area contributed by atoms with Gasteiger partial charge in [0.15, 0.2) is 0 Å². The molecule has 0 bridgehead atoms. The third kappa shape index (κ3) is 3.34. The molecule has 2 aliphatic rings. The summed E-state index contributed by atoms with van der Waals surface area (Å²) in [5.41, 5.74) is 5.72. The van der Waals surface area contributed by atoms with E-state index in [-0.39, 0.29) is 17.9 Å². The van der Waals surface area contributed by atoms with Crippen LogP contribution in [-0.2, 0) is 4.79 Å². The van der Waals surface area contributed by atoms with E-state index in [4.69, 9.17) is 10.8 Å². The Balaban J connectivity index is 2.09. The summed E-state index contributed by atoms with van der Waals surface area (Å²) in [7, 11) is 0. The molecule has 3 N–H and O–H groups in total. The summed E-state index contributed by atoms with van der Waals surface area (Å²) in [5.74, 6) is 0.278. The van der Waals surface area contributed by atoms with Crippen molar-refractivity contribution in [3.05, 3.63) is 0 Å². The predicted molar refractivity (Wildman–Crippen MR) is 80.2 cm³/mol. The minimum atomic E-state index is -0.318. The van der Waals surface area contributed by atoms with Crippen LogP contribution in [0.2, 0.25) is 0 Å². The molecule has 2 fully saturated rings. The molecule has 0 aromatic heterocycles. The maximum absolute atomic E-state index is 13.1. The number of aliphatic hydroxyl groups is 1. The summed E-state index contributed by atoms with van der Waals surface area (Å²) in [6.07, 6.45) is 10.8. The van der Waals surface area contributed by atoms with Gasteiger partial charge in [0, 0.05) is 25.7 Å². The van der Waals surface area contributed by atoms with E-state index in [1.54, 1.807) is 0 Å². The highest BCUT2D eigenvalue weighted by Gasteiger charge is 2.42. The fraction of sp³-hybridized carbons (Fsp3) is 0.938. The van der Waals surface area contributed by atoms with Crippen LogP contribution in [0.5, 0.6) is 0 Å². The van der Waals surface area contributed by atoms with Crippen LogP contribution in [-0.4, -0.2) is 41.7 Å². The summed E-state index contributed by atoms with van der Waals surface area (Å²) < 4.78 is 0. The summed E-state index contributed by atoms with van der Waals surface area (Å²) in [5, 5.41) is 9.08. The van der Waals surface area contributed by atoms with Crippen molar-refractivity contribution < 1.29 is 9.90 Å². The lowest BCUT2D eigenvalue weighted by Crippen LogP contribution is -2.53. The molecular formula is C16H30N2O2. The Bertz CT molecular complexity index is 308. The van der Waals surface area contributed by atoms with Crippen molar-refractivity contribution in [3.8, 4) is 0 Å². The van der Waals surface area contributed by atoms with Crippen LogP contribution in [0.15, 0.2) is 0 Å². The van der Waals surface area contributed by atoms with E-state index in [0.29, 0.717) is 25.6 Å². The van der Waals surface area contributed by atoms with Crippen molar-refractivity contribution in [1.29, 1.82) is 0 Å². The fourth-order valence-electron chi connectivity index (χ4n) is 3.60. The lowest BCUT2D eigenvalue weighted by Gasteiger charge is -2.43. The first-order valence-corrected chi connectivity index (χ1v) is 8.35. The highest BCUT2D eigenvalue weighted by molar-refractivity contribution is 5.83. The SMILES string of the molecule is NCC1(C(=O)N(CCCO)C2CCC2)CCCCCC1. The minimum absolute atomic E-state index is 0.159. The number of aliphatic hydroxyl groups excluding tert-OH is 1. The zero-order chi connectivity index (χ0) is 14.4. The zero-order valence-electron chi connectivity index (χ0n) is 12.6. The zero-order valence-corrected chi connectivity index (χ0v) is 12.6. The van der Waals surface area contributed by atoms with Gasteiger partial charge < -0.3 is 15.7 Å². The third-order valence-electron chi connectivity index (χ3n) is 5.24. The molecule has 20 heavy (non-hydrogen) atoms. The van der Waals surface area contributed by atoms with Gasteiger partial charge in [0.2, 0.25) is 5.91 Å². The molecule has 0 spiro atoms. The third-order valence-corrected chi connectivity index (χ3v) is 5.24. The van der Waals surface area contributed by atoms with Gasteiger partial charge in [-0.15, -0.1) is 0 Å². The van der Waals surface area contributed by atoms with E-state index in [0.717, 1.165) is 38.5 Å². The Kier molecular flexibility index (Phi) is 5.85. The molecule has 2 rings (SSSR count). The first-order valence-electron chi connectivity index (χ1n) is 8.35. The standard InChI is InChI=1S/C16H30N2O2/c17-13-16(9-3-1-2-4-10-16)15(20)18(11-6-12-19)14-7-5-8-14/h14,19H,1-13,17H2. The average molecular weight is 282 g/mol. The number of nitrogens with zero attached hydrogens (tertiary/aromatic N) is 1. The van der Waals surface area contributed by atoms with Crippen LogP contribution in [0.25, 0.3) is 0 Å². The smallest absolute Gasteiger partial charge is 0.230 e. The number of rotatable bonds is 6. The maximum atomic E-state index is 13.1. The summed E-state index contributed by atoms with van der Waals surface area (Å²) in [6.45, 7) is 1.34. The van der Waals surface area contributed by atoms with E-state index < -0.39 is 0 Å². The molecule has 0 saturated heterocycles. The first-order chi connectivity index (χ1) is 9.73. The normalized spacial score (nSPS) is 22.9. The molecule has 2 aliphatic carbocycles. The van der Waals surface area contributed by atoms with E-state index in [1.807, 2.05) is 0 Å². The van der Waals surface area contributed by atoms with Gasteiger partial charge in [-0.1, -0.05) is 25.7 Å². The van der Waals surface area contributed by atoms with Crippen LogP contribution in [0.1, 0.15) is 64.2 Å². The number of carbonyl (C=O) groups excluding carboxylic acids is 1. The van der Waals surface area contributed by atoms with Crippen molar-refractivity contribution in [2.75, 3.05) is 19.7 Å². The van der Waals surface area contributed by atoms with Crippen molar-refractivity contribution >= 4 is 5.91 Å². The second-order valence-electron chi connectivity index (χ2n) is 6.56. The molecule has 0 aliphatic heterocycles. The molecule has 2 saturated carbocycles. The molecule has 1 amide bonds. The summed E-state index contributed by atoms with van der Waals surface area (Å²) in [4.78, 5) is 15.2. The van der Waals surface area contributed by atoms with Gasteiger partial charge in [0.05, 0.1) is 5.41 Å². The van der Waals surface area contributed by atoms with Gasteiger partial charge in [-0.3, -0.25) is 4.79 Å². The Morgan fingerprint density at radius 3 is 2.25 bits per heavy atom. The Morgan fingerprint density at radius 1 is 1.15 bits per heavy atom. The maximum Gasteiger partial charge on any atom is 0.230 e. The highest BCUT2D eigenvalue weighted by Crippen LogP contribution is 2.38. The van der Waals surface area contributed by atoms with E-state index in [9.17, 15) is 4.79 Å². The van der Waals surface area contributed by atoms with Crippen molar-refractivity contribution in [2.24, 2.45) is 11.1 Å². The van der Waals surface area contributed by atoms with Gasteiger partial charge in [0.25, 0.3) is 0 Å². The lowest BCUT2D eigenvalue weighted by atomic mass is 9.77. The highest BCUT2D eigenvalue weighted by atomic mass is 16.3. The van der Waals surface area contributed by atoms with E-state index in [2.05, 4.69) is 4.90 Å². The minimum Gasteiger partial charge on any atom is -0.396 e. The molecule has 0 aromatic rings. The van der Waals surface area contributed by atoms with Crippen molar-refractivity contribution in [2.45, 2.75) is 70.3 Å². The van der Waals surface area contributed by atoms with Gasteiger partial charge in [0.1, 0.15) is 0 Å². The molecule has 0 radical (unpaired) electrons. The van der Waals surface area contributed by atoms with Gasteiger partial charge >= 0.3 is 0 Å². The molecular weight excluding hydrogens is 252 g/mol. The molecule has 0 aromatic carbocycles. The van der Waals surface area contributed by atoms with E-state index in [1.165, 1.54) is 19.3 Å². The first kappa shape index (κ1) is 15.8. The number of hydrogen-bond donors (Lipinski definition) is 2. The van der Waals surface area contributed by atoms with Crippen molar-refractivity contribution in [1.82, 2.24) is 4.90 Å². The molecule has 0 atom stereocenters. The number of hydrogen-bond acceptors (Lipinski definition) is 3. The predicted octanol–water partition coefficient (Wildman–Crippen LogP) is 2.05. The summed E-state index contributed by atoms with van der Waals surface area (Å²) >= 11 is 0. The Labute approximate surface area is 122 Å². The summed E-state index contributed by atoms with van der Waals surface area (Å²) in [6, 6.07) is 0.403. The van der Waals surface area contributed by atoms with E-state index >= 15 is 0 Å². The number of carbonyl (C=O) groups is 1. The Morgan fingerprint density at radius 2 is 1.80 bits per heavy atom. The topological polar surface area (TPSA) is 66.6 Å². The van der Waals surface area contributed by atoms with Gasteiger partial charge in [-0.2, -0.15) is 0 Å². The van der Waals surface area contributed by atoms with Crippen molar-refractivity contribution in [3.63, 3.8) is 0 Å². The molecule has 4 nitrogen and oxygen atoms in total. The lowest BCUT2D eigenvalue weighted by molar-refractivity contribution is -0.147. The number of amides is 1. The average Bonchev–Trinajstić information content (AvgIpc) is 2.66. The van der Waals surface area contributed by atoms with Crippen LogP contribution in [0.3, 0.4) is 0 Å². The van der Waals surface area contributed by atoms with Gasteiger partial charge in [-0.05, 0) is 38.5 Å². The molecule has 0 heterocycles. The second-order valence-corrected chi connectivity index (χ2v) is 6.56. The van der Waals surface area contributed by atoms with Crippen LogP contribution >= 0.6 is 0 Å². The number of nitrogens with two attached hydrogens (primary N) is 1. The monoisotopic (exact) mass is 282 g/mol. The Hall–Kier alpha value is -0.610. The molecule has 116 valence electrons. The van der Waals surface area contributed by atoms with Crippen LogP contribution < -0.4 is 5.73 Å². The van der Waals surface area contributed by atoms with Crippen LogP contribution in [0, 0.1) is 5.41 Å². The second kappa shape index (κ2) is 7.41. The largest absolute Gasteiger partial charge is 0.396 e. The fourth-order valence-corrected chi connectivity index (χ4v) is 3.60. The quantitative estimate of drug-likeness (QED) is 0.733. The molecule has 4 heteroatoms. The molecule has 0 unspecified atom stereocenters. The van der Waals surface area contributed by atoms with Gasteiger partial charge in [-0.25, -0.2) is 0 Å². The van der Waals surface area contributed by atoms with Crippen LogP contribution in [0.4, 0.5) is 0 Å².